The Morgan fingerprint density at radius 3 is 2.11 bits per heavy atom. The monoisotopic (exact) mass is 266 g/mol. The second kappa shape index (κ2) is 6.61. The lowest BCUT2D eigenvalue weighted by molar-refractivity contribution is 0.295. The predicted molar refractivity (Wildman–Crippen MR) is 82.3 cm³/mol. The van der Waals surface area contributed by atoms with Gasteiger partial charge in [-0.05, 0) is 41.7 Å². The number of hydrogen-bond acceptors (Lipinski definition) is 0. The van der Waals surface area contributed by atoms with E-state index < -0.39 is 0 Å². The average molecular weight is 267 g/mol. The van der Waals surface area contributed by atoms with Crippen LogP contribution in [0.1, 0.15) is 64.0 Å². The van der Waals surface area contributed by atoms with Gasteiger partial charge in [-0.3, -0.25) is 0 Å². The third kappa shape index (κ3) is 5.44. The zero-order chi connectivity index (χ0) is 13.8. The summed E-state index contributed by atoms with van der Waals surface area (Å²) in [6.45, 7) is 11.4. The van der Waals surface area contributed by atoms with Crippen molar-refractivity contribution in [3.05, 3.63) is 35.4 Å². The first-order chi connectivity index (χ1) is 8.31. The van der Waals surface area contributed by atoms with E-state index in [1.807, 2.05) is 0 Å². The van der Waals surface area contributed by atoms with Crippen LogP contribution in [0.25, 0.3) is 0 Å². The molecule has 1 rings (SSSR count). The molecule has 0 bridgehead atoms. The Hall–Kier alpha value is -0.490. The van der Waals surface area contributed by atoms with Gasteiger partial charge in [-0.25, -0.2) is 0 Å². The van der Waals surface area contributed by atoms with Crippen molar-refractivity contribution < 1.29 is 0 Å². The average Bonchev–Trinajstić information content (AvgIpc) is 2.26. The van der Waals surface area contributed by atoms with E-state index >= 15 is 0 Å². The van der Waals surface area contributed by atoms with Crippen LogP contribution in [0.2, 0.25) is 0 Å². The maximum atomic E-state index is 6.53. The van der Waals surface area contributed by atoms with Gasteiger partial charge in [-0.2, -0.15) is 0 Å². The van der Waals surface area contributed by atoms with Gasteiger partial charge >= 0.3 is 0 Å². The molecule has 0 saturated carbocycles. The Labute approximate surface area is 118 Å². The van der Waals surface area contributed by atoms with E-state index in [0.717, 1.165) is 12.8 Å². The molecule has 0 aliphatic carbocycles. The lowest BCUT2D eigenvalue weighted by Crippen LogP contribution is -2.12. The number of benzene rings is 1. The highest BCUT2D eigenvalue weighted by atomic mass is 35.5. The Kier molecular flexibility index (Phi) is 5.72. The van der Waals surface area contributed by atoms with E-state index in [1.54, 1.807) is 0 Å². The van der Waals surface area contributed by atoms with Gasteiger partial charge in [0.15, 0.2) is 0 Å². The number of halogens is 1. The second-order valence-electron chi connectivity index (χ2n) is 6.67. The van der Waals surface area contributed by atoms with Crippen molar-refractivity contribution in [3.8, 4) is 0 Å². The van der Waals surface area contributed by atoms with E-state index in [0.29, 0.717) is 11.3 Å². The lowest BCUT2D eigenvalue weighted by Gasteiger charge is -2.24. The highest BCUT2D eigenvalue weighted by Crippen LogP contribution is 2.33. The lowest BCUT2D eigenvalue weighted by atomic mass is 9.83. The van der Waals surface area contributed by atoms with Gasteiger partial charge in [0.25, 0.3) is 0 Å². The molecule has 0 saturated heterocycles. The summed E-state index contributed by atoms with van der Waals surface area (Å²) in [6, 6.07) is 8.75. The maximum absolute atomic E-state index is 6.53. The fourth-order valence-corrected chi connectivity index (χ4v) is 3.03. The number of hydrogen-bond donors (Lipinski definition) is 0. The Morgan fingerprint density at radius 1 is 1.11 bits per heavy atom. The standard InChI is InChI=1S/C17H27Cl/c1-6-14-7-9-15(10-8-14)16(18)11-13(2)12-17(3,4)5/h7-10,13,16H,6,11-12H2,1-5H3. The van der Waals surface area contributed by atoms with Crippen molar-refractivity contribution >= 4 is 11.6 Å². The van der Waals surface area contributed by atoms with Crippen molar-refractivity contribution in [3.63, 3.8) is 0 Å². The van der Waals surface area contributed by atoms with Crippen molar-refractivity contribution in [2.24, 2.45) is 11.3 Å². The topological polar surface area (TPSA) is 0 Å². The third-order valence-electron chi connectivity index (χ3n) is 3.32. The molecule has 1 aromatic rings. The fourth-order valence-electron chi connectivity index (χ4n) is 2.58. The van der Waals surface area contributed by atoms with Crippen LogP contribution in [0, 0.1) is 11.3 Å². The van der Waals surface area contributed by atoms with Crippen LogP contribution >= 0.6 is 11.6 Å². The Balaban J connectivity index is 2.56. The van der Waals surface area contributed by atoms with Crippen molar-refractivity contribution in [2.45, 2.75) is 59.3 Å². The number of rotatable bonds is 5. The van der Waals surface area contributed by atoms with Crippen molar-refractivity contribution in [1.82, 2.24) is 0 Å². The highest BCUT2D eigenvalue weighted by Gasteiger charge is 2.18. The van der Waals surface area contributed by atoms with E-state index in [4.69, 9.17) is 11.6 Å². The summed E-state index contributed by atoms with van der Waals surface area (Å²) in [5.74, 6) is 0.665. The van der Waals surface area contributed by atoms with Crippen LogP contribution in [0.4, 0.5) is 0 Å². The minimum absolute atomic E-state index is 0.147. The van der Waals surface area contributed by atoms with Gasteiger partial charge < -0.3 is 0 Å². The predicted octanol–water partition coefficient (Wildman–Crippen LogP) is 5.99. The van der Waals surface area contributed by atoms with Crippen molar-refractivity contribution in [1.29, 1.82) is 0 Å². The summed E-state index contributed by atoms with van der Waals surface area (Å²) in [6.07, 6.45) is 3.38. The molecule has 0 N–H and O–H groups in total. The first-order valence-electron chi connectivity index (χ1n) is 7.04. The summed E-state index contributed by atoms with van der Waals surface area (Å²) in [5.41, 5.74) is 3.03. The summed E-state index contributed by atoms with van der Waals surface area (Å²) >= 11 is 6.53. The van der Waals surface area contributed by atoms with Crippen LogP contribution in [-0.2, 0) is 6.42 Å². The van der Waals surface area contributed by atoms with Crippen LogP contribution < -0.4 is 0 Å². The molecule has 0 radical (unpaired) electrons. The molecule has 18 heavy (non-hydrogen) atoms. The zero-order valence-corrected chi connectivity index (χ0v) is 13.2. The largest absolute Gasteiger partial charge is 0.118 e. The third-order valence-corrected chi connectivity index (χ3v) is 3.75. The van der Waals surface area contributed by atoms with Crippen LogP contribution in [0.15, 0.2) is 24.3 Å². The first kappa shape index (κ1) is 15.6. The Morgan fingerprint density at radius 2 is 1.67 bits per heavy atom. The smallest absolute Gasteiger partial charge is 0.0587 e. The van der Waals surface area contributed by atoms with Crippen LogP contribution in [-0.4, -0.2) is 0 Å². The maximum Gasteiger partial charge on any atom is 0.0587 e. The van der Waals surface area contributed by atoms with Gasteiger partial charge in [-0.1, -0.05) is 58.9 Å². The molecule has 0 nitrogen and oxygen atoms in total. The van der Waals surface area contributed by atoms with E-state index in [9.17, 15) is 0 Å². The van der Waals surface area contributed by atoms with E-state index in [1.165, 1.54) is 17.5 Å². The molecule has 0 spiro atoms. The molecule has 2 atom stereocenters. The number of alkyl halides is 1. The molecule has 2 unspecified atom stereocenters. The molecule has 0 heterocycles. The molecule has 0 aromatic heterocycles. The molecule has 1 heteroatoms. The van der Waals surface area contributed by atoms with Crippen LogP contribution in [0.5, 0.6) is 0 Å². The van der Waals surface area contributed by atoms with E-state index in [2.05, 4.69) is 58.9 Å². The molecule has 0 fully saturated rings. The normalized spacial score (nSPS) is 15.4. The van der Waals surface area contributed by atoms with Crippen molar-refractivity contribution in [2.75, 3.05) is 0 Å². The summed E-state index contributed by atoms with van der Waals surface area (Å²) < 4.78 is 0. The quantitative estimate of drug-likeness (QED) is 0.574. The fraction of sp³-hybridized carbons (Fsp3) is 0.647. The second-order valence-corrected chi connectivity index (χ2v) is 7.20. The first-order valence-corrected chi connectivity index (χ1v) is 7.48. The van der Waals surface area contributed by atoms with Gasteiger partial charge in [0, 0.05) is 0 Å². The van der Waals surface area contributed by atoms with Crippen LogP contribution in [0.3, 0.4) is 0 Å². The minimum atomic E-state index is 0.147. The zero-order valence-electron chi connectivity index (χ0n) is 12.5. The summed E-state index contributed by atoms with van der Waals surface area (Å²) in [5, 5.41) is 0.147. The number of aryl methyl sites for hydroxylation is 1. The SMILES string of the molecule is CCc1ccc(C(Cl)CC(C)CC(C)(C)C)cc1. The van der Waals surface area contributed by atoms with Gasteiger partial charge in [-0.15, -0.1) is 11.6 Å². The molecule has 0 amide bonds. The molecule has 0 aliphatic heterocycles. The molecular formula is C17H27Cl. The summed E-state index contributed by atoms with van der Waals surface area (Å²) in [7, 11) is 0. The molecule has 1 aromatic carbocycles. The van der Waals surface area contributed by atoms with Gasteiger partial charge in [0.2, 0.25) is 0 Å². The molecular weight excluding hydrogens is 240 g/mol. The molecule has 102 valence electrons. The van der Waals surface area contributed by atoms with E-state index in [-0.39, 0.29) is 5.38 Å². The highest BCUT2D eigenvalue weighted by molar-refractivity contribution is 6.20. The van der Waals surface area contributed by atoms with Gasteiger partial charge in [0.1, 0.15) is 0 Å². The van der Waals surface area contributed by atoms with Gasteiger partial charge in [0.05, 0.1) is 5.38 Å². The molecule has 0 aliphatic rings. The summed E-state index contributed by atoms with van der Waals surface area (Å²) in [4.78, 5) is 0. The minimum Gasteiger partial charge on any atom is -0.118 e. The Bertz CT molecular complexity index is 345.